The van der Waals surface area contributed by atoms with E-state index in [9.17, 15) is 9.90 Å². The molecule has 0 aliphatic heterocycles. The predicted molar refractivity (Wildman–Crippen MR) is 87.4 cm³/mol. The summed E-state index contributed by atoms with van der Waals surface area (Å²) in [4.78, 5) is 16.0. The molecule has 0 spiro atoms. The number of methoxy groups -OCH3 is 1. The van der Waals surface area contributed by atoms with Gasteiger partial charge in [-0.3, -0.25) is 0 Å². The van der Waals surface area contributed by atoms with Crippen LogP contribution in [-0.2, 0) is 4.74 Å². The molecule has 0 unspecified atom stereocenters. The highest BCUT2D eigenvalue weighted by molar-refractivity contribution is 6.17. The Morgan fingerprint density at radius 2 is 2.04 bits per heavy atom. The molecule has 1 aliphatic rings. The maximum atomic E-state index is 12.1. The van der Waals surface area contributed by atoms with Crippen LogP contribution in [0.15, 0.2) is 28.8 Å². The summed E-state index contributed by atoms with van der Waals surface area (Å²) in [5.74, 6) is -0.118. The van der Waals surface area contributed by atoms with Gasteiger partial charge in [-0.2, -0.15) is 0 Å². The number of pyridine rings is 1. The summed E-state index contributed by atoms with van der Waals surface area (Å²) >= 11 is 0. The highest BCUT2D eigenvalue weighted by atomic mass is 16.5. The number of furan rings is 1. The number of fused-ring (bicyclic) bond motifs is 3. The summed E-state index contributed by atoms with van der Waals surface area (Å²) in [5, 5.41) is 11.0. The number of esters is 1. The molecule has 0 amide bonds. The Morgan fingerprint density at radius 3 is 2.79 bits per heavy atom. The third kappa shape index (κ3) is 2.26. The second kappa shape index (κ2) is 5.70. The standard InChI is InChI=1S/C18H17NO5/c1-22-18(21)11-6-7-13(23-10-4-2-3-5-10)16-14(11)15-12(24-16)8-9-19-17(15)20/h6-10H,2-5H2,1H3,(H,19,20). The van der Waals surface area contributed by atoms with Crippen LogP contribution >= 0.6 is 0 Å². The van der Waals surface area contributed by atoms with Crippen LogP contribution in [0.4, 0.5) is 0 Å². The van der Waals surface area contributed by atoms with E-state index in [1.165, 1.54) is 13.3 Å². The van der Waals surface area contributed by atoms with Gasteiger partial charge in [0.05, 0.1) is 29.5 Å². The minimum atomic E-state index is -0.502. The molecule has 0 radical (unpaired) electrons. The lowest BCUT2D eigenvalue weighted by Gasteiger charge is -2.13. The first-order chi connectivity index (χ1) is 11.7. The van der Waals surface area contributed by atoms with Gasteiger partial charge >= 0.3 is 5.97 Å². The smallest absolute Gasteiger partial charge is 0.338 e. The number of benzene rings is 1. The summed E-state index contributed by atoms with van der Waals surface area (Å²) in [6.45, 7) is 0. The molecule has 0 saturated heterocycles. The number of hydrogen-bond donors (Lipinski definition) is 1. The molecule has 1 N–H and O–H groups in total. The molecule has 1 saturated carbocycles. The normalized spacial score (nSPS) is 15.2. The average molecular weight is 327 g/mol. The third-order valence-corrected chi connectivity index (χ3v) is 4.48. The van der Waals surface area contributed by atoms with Crippen LogP contribution in [0.5, 0.6) is 11.6 Å². The largest absolute Gasteiger partial charge is 0.493 e. The quantitative estimate of drug-likeness (QED) is 0.737. The average Bonchev–Trinajstić information content (AvgIpc) is 3.22. The van der Waals surface area contributed by atoms with Crippen molar-refractivity contribution in [2.45, 2.75) is 31.8 Å². The molecule has 0 bridgehead atoms. The second-order valence-electron chi connectivity index (χ2n) is 5.94. The summed E-state index contributed by atoms with van der Waals surface area (Å²) < 4.78 is 16.8. The van der Waals surface area contributed by atoms with Crippen LogP contribution in [0.3, 0.4) is 0 Å². The van der Waals surface area contributed by atoms with Crippen molar-refractivity contribution in [1.29, 1.82) is 0 Å². The van der Waals surface area contributed by atoms with Crippen molar-refractivity contribution in [2.24, 2.45) is 0 Å². The first-order valence-electron chi connectivity index (χ1n) is 7.97. The molecule has 1 aliphatic carbocycles. The van der Waals surface area contributed by atoms with Gasteiger partial charge in [0.2, 0.25) is 5.88 Å². The van der Waals surface area contributed by atoms with Crippen molar-refractivity contribution in [3.63, 3.8) is 0 Å². The minimum Gasteiger partial charge on any atom is -0.493 e. The Bertz CT molecular complexity index is 924. The van der Waals surface area contributed by atoms with E-state index in [0.717, 1.165) is 25.7 Å². The number of nitrogens with zero attached hydrogens (tertiary/aromatic N) is 1. The first kappa shape index (κ1) is 14.8. The highest BCUT2D eigenvalue weighted by Gasteiger charge is 2.25. The van der Waals surface area contributed by atoms with E-state index >= 15 is 0 Å². The number of aromatic nitrogens is 1. The molecule has 6 nitrogen and oxygen atoms in total. The van der Waals surface area contributed by atoms with Crippen LogP contribution in [0.2, 0.25) is 0 Å². The van der Waals surface area contributed by atoms with Gasteiger partial charge in [0.15, 0.2) is 11.3 Å². The molecule has 24 heavy (non-hydrogen) atoms. The molecular formula is C18H17NO5. The van der Waals surface area contributed by atoms with Crippen LogP contribution in [0.25, 0.3) is 21.9 Å². The number of carbonyl (C=O) groups is 1. The zero-order chi connectivity index (χ0) is 16.7. The number of carbonyl (C=O) groups excluding carboxylic acids is 1. The zero-order valence-corrected chi connectivity index (χ0v) is 13.2. The molecule has 1 fully saturated rings. The molecule has 4 rings (SSSR count). The summed E-state index contributed by atoms with van der Waals surface area (Å²) in [5.41, 5.74) is 1.20. The molecule has 0 atom stereocenters. The second-order valence-corrected chi connectivity index (χ2v) is 5.94. The van der Waals surface area contributed by atoms with Crippen LogP contribution in [0.1, 0.15) is 36.0 Å². The van der Waals surface area contributed by atoms with Crippen LogP contribution in [-0.4, -0.2) is 29.3 Å². The van der Waals surface area contributed by atoms with E-state index in [1.54, 1.807) is 18.2 Å². The Balaban J connectivity index is 1.97. The van der Waals surface area contributed by atoms with E-state index in [2.05, 4.69) is 4.98 Å². The minimum absolute atomic E-state index is 0.150. The zero-order valence-electron chi connectivity index (χ0n) is 13.2. The molecule has 2 heterocycles. The van der Waals surface area contributed by atoms with E-state index in [1.807, 2.05) is 0 Å². The Hall–Kier alpha value is -2.76. The van der Waals surface area contributed by atoms with Gasteiger partial charge in [0.25, 0.3) is 0 Å². The SMILES string of the molecule is COC(=O)c1ccc(OC2CCCC2)c2oc3ccnc(O)c3c12. The maximum absolute atomic E-state index is 12.1. The van der Waals surface area contributed by atoms with Crippen molar-refractivity contribution in [3.05, 3.63) is 30.0 Å². The van der Waals surface area contributed by atoms with Crippen molar-refractivity contribution >= 4 is 27.9 Å². The van der Waals surface area contributed by atoms with Gasteiger partial charge in [0.1, 0.15) is 5.58 Å². The molecule has 3 aromatic rings. The van der Waals surface area contributed by atoms with Gasteiger partial charge in [-0.05, 0) is 37.8 Å². The summed E-state index contributed by atoms with van der Waals surface area (Å²) in [7, 11) is 1.32. The third-order valence-electron chi connectivity index (χ3n) is 4.48. The first-order valence-corrected chi connectivity index (χ1v) is 7.97. The van der Waals surface area contributed by atoms with Crippen molar-refractivity contribution in [3.8, 4) is 11.6 Å². The number of hydrogen-bond acceptors (Lipinski definition) is 6. The molecule has 6 heteroatoms. The lowest BCUT2D eigenvalue weighted by molar-refractivity contribution is 0.0603. The summed E-state index contributed by atoms with van der Waals surface area (Å²) in [6, 6.07) is 5.01. The topological polar surface area (TPSA) is 81.8 Å². The van der Waals surface area contributed by atoms with Gasteiger partial charge in [-0.15, -0.1) is 0 Å². The fraction of sp³-hybridized carbons (Fsp3) is 0.333. The van der Waals surface area contributed by atoms with Gasteiger partial charge in [-0.25, -0.2) is 9.78 Å². The monoisotopic (exact) mass is 327 g/mol. The van der Waals surface area contributed by atoms with E-state index in [-0.39, 0.29) is 12.0 Å². The van der Waals surface area contributed by atoms with E-state index in [0.29, 0.717) is 33.3 Å². The number of ether oxygens (including phenoxy) is 2. The molecular weight excluding hydrogens is 310 g/mol. The van der Waals surface area contributed by atoms with Gasteiger partial charge in [-0.1, -0.05) is 0 Å². The molecule has 1 aromatic carbocycles. The van der Waals surface area contributed by atoms with Crippen LogP contribution < -0.4 is 4.74 Å². The lowest BCUT2D eigenvalue weighted by Crippen LogP contribution is -2.11. The summed E-state index contributed by atoms with van der Waals surface area (Å²) in [6.07, 6.45) is 5.92. The number of aromatic hydroxyl groups is 1. The van der Waals surface area contributed by atoms with Gasteiger partial charge < -0.3 is 19.0 Å². The fourth-order valence-corrected chi connectivity index (χ4v) is 3.34. The Kier molecular flexibility index (Phi) is 3.52. The molecule has 124 valence electrons. The Morgan fingerprint density at radius 1 is 1.25 bits per heavy atom. The van der Waals surface area contributed by atoms with Crippen molar-refractivity contribution in [1.82, 2.24) is 4.98 Å². The fourth-order valence-electron chi connectivity index (χ4n) is 3.34. The van der Waals surface area contributed by atoms with Crippen molar-refractivity contribution in [2.75, 3.05) is 7.11 Å². The van der Waals surface area contributed by atoms with Gasteiger partial charge in [0, 0.05) is 12.3 Å². The van der Waals surface area contributed by atoms with E-state index in [4.69, 9.17) is 13.9 Å². The lowest BCUT2D eigenvalue weighted by atomic mass is 10.1. The molecule has 2 aromatic heterocycles. The maximum Gasteiger partial charge on any atom is 0.338 e. The van der Waals surface area contributed by atoms with Crippen LogP contribution in [0, 0.1) is 0 Å². The predicted octanol–water partition coefficient (Wildman–Crippen LogP) is 3.79. The van der Waals surface area contributed by atoms with Crippen molar-refractivity contribution < 1.29 is 23.8 Å². The van der Waals surface area contributed by atoms with E-state index < -0.39 is 5.97 Å². The Labute approximate surface area is 138 Å². The number of rotatable bonds is 3. The highest BCUT2D eigenvalue weighted by Crippen LogP contribution is 2.41.